The Morgan fingerprint density at radius 2 is 1.83 bits per heavy atom. The van der Waals surface area contributed by atoms with Crippen molar-refractivity contribution in [2.45, 2.75) is 44.1 Å². The Morgan fingerprint density at radius 3 is 2.44 bits per heavy atom. The van der Waals surface area contributed by atoms with E-state index in [4.69, 9.17) is 0 Å². The van der Waals surface area contributed by atoms with Crippen LogP contribution in [-0.4, -0.2) is 34.7 Å². The molecule has 1 aliphatic heterocycles. The molecule has 0 aromatic heterocycles. The van der Waals surface area contributed by atoms with Crippen LogP contribution in [0.25, 0.3) is 0 Å². The third-order valence-electron chi connectivity index (χ3n) is 4.97. The zero-order valence-corrected chi connectivity index (χ0v) is 11.7. The van der Waals surface area contributed by atoms with Crippen molar-refractivity contribution in [1.82, 2.24) is 5.32 Å². The molecule has 4 heteroatoms. The third-order valence-corrected chi connectivity index (χ3v) is 5.96. The molecule has 0 bridgehead atoms. The fraction of sp³-hybridized carbons (Fsp3) is 0.929. The Kier molecular flexibility index (Phi) is 3.59. The molecule has 0 aromatic rings. The monoisotopic (exact) mass is 269 g/mol. The number of rotatable bonds is 3. The lowest BCUT2D eigenvalue weighted by atomic mass is 9.97. The minimum Gasteiger partial charge on any atom is -0.388 e. The molecule has 3 fully saturated rings. The van der Waals surface area contributed by atoms with Gasteiger partial charge in [-0.15, -0.1) is 0 Å². The Labute approximate surface area is 113 Å². The highest BCUT2D eigenvalue weighted by atomic mass is 32.2. The van der Waals surface area contributed by atoms with Crippen LogP contribution < -0.4 is 5.32 Å². The van der Waals surface area contributed by atoms with Crippen LogP contribution in [0.4, 0.5) is 0 Å². The minimum atomic E-state index is -0.638. The maximum absolute atomic E-state index is 12.1. The summed E-state index contributed by atoms with van der Waals surface area (Å²) in [5.41, 5.74) is -0.638. The molecule has 1 saturated heterocycles. The largest absolute Gasteiger partial charge is 0.388 e. The quantitative estimate of drug-likeness (QED) is 0.821. The molecular weight excluding hydrogens is 246 g/mol. The van der Waals surface area contributed by atoms with Crippen LogP contribution in [0.5, 0.6) is 0 Å². The number of aliphatic hydroxyl groups is 1. The number of carbonyl (C=O) groups excluding carboxylic acids is 1. The summed E-state index contributed by atoms with van der Waals surface area (Å²) in [5, 5.41) is 13.4. The van der Waals surface area contributed by atoms with E-state index in [1.807, 2.05) is 11.8 Å². The van der Waals surface area contributed by atoms with Gasteiger partial charge < -0.3 is 10.4 Å². The maximum Gasteiger partial charge on any atom is 0.223 e. The van der Waals surface area contributed by atoms with E-state index in [2.05, 4.69) is 5.32 Å². The first-order chi connectivity index (χ1) is 8.70. The van der Waals surface area contributed by atoms with Crippen molar-refractivity contribution >= 4 is 17.7 Å². The third kappa shape index (κ3) is 2.55. The predicted octanol–water partition coefficient (Wildman–Crippen LogP) is 1.80. The van der Waals surface area contributed by atoms with Gasteiger partial charge in [0.25, 0.3) is 0 Å². The summed E-state index contributed by atoms with van der Waals surface area (Å²) in [6.07, 6.45) is 6.70. The van der Waals surface area contributed by atoms with Gasteiger partial charge in [0.15, 0.2) is 0 Å². The van der Waals surface area contributed by atoms with Crippen LogP contribution in [0.2, 0.25) is 0 Å². The van der Waals surface area contributed by atoms with E-state index in [-0.39, 0.29) is 11.8 Å². The van der Waals surface area contributed by atoms with Crippen LogP contribution in [0.15, 0.2) is 0 Å². The first kappa shape index (κ1) is 12.8. The molecule has 0 radical (unpaired) electrons. The van der Waals surface area contributed by atoms with Gasteiger partial charge in [0, 0.05) is 12.5 Å². The summed E-state index contributed by atoms with van der Waals surface area (Å²) >= 11 is 1.89. The molecule has 2 atom stereocenters. The van der Waals surface area contributed by atoms with Crippen molar-refractivity contribution in [1.29, 1.82) is 0 Å². The first-order valence-electron chi connectivity index (χ1n) is 7.27. The van der Waals surface area contributed by atoms with Gasteiger partial charge in [-0.2, -0.15) is 11.8 Å². The number of carbonyl (C=O) groups is 1. The lowest BCUT2D eigenvalue weighted by Crippen LogP contribution is -2.45. The summed E-state index contributed by atoms with van der Waals surface area (Å²) in [4.78, 5) is 12.1. The summed E-state index contributed by atoms with van der Waals surface area (Å²) in [6, 6.07) is 0. The molecule has 3 aliphatic rings. The Morgan fingerprint density at radius 1 is 1.22 bits per heavy atom. The van der Waals surface area contributed by atoms with Gasteiger partial charge in [0.1, 0.15) is 0 Å². The van der Waals surface area contributed by atoms with Gasteiger partial charge >= 0.3 is 0 Å². The molecule has 2 aliphatic carbocycles. The van der Waals surface area contributed by atoms with Crippen molar-refractivity contribution in [3.05, 3.63) is 0 Å². The van der Waals surface area contributed by atoms with Crippen molar-refractivity contribution in [2.24, 2.45) is 17.8 Å². The second-order valence-electron chi connectivity index (χ2n) is 6.19. The fourth-order valence-corrected chi connectivity index (χ4v) is 4.93. The van der Waals surface area contributed by atoms with Crippen LogP contribution in [0, 0.1) is 17.8 Å². The summed E-state index contributed by atoms with van der Waals surface area (Å²) < 4.78 is 0. The number of thioether (sulfide) groups is 1. The molecule has 2 N–H and O–H groups in total. The van der Waals surface area contributed by atoms with Gasteiger partial charge in [-0.3, -0.25) is 4.79 Å². The van der Waals surface area contributed by atoms with Crippen LogP contribution in [-0.2, 0) is 4.79 Å². The van der Waals surface area contributed by atoms with Crippen molar-refractivity contribution in [3.63, 3.8) is 0 Å². The van der Waals surface area contributed by atoms with E-state index in [0.717, 1.165) is 24.3 Å². The lowest BCUT2D eigenvalue weighted by molar-refractivity contribution is -0.124. The van der Waals surface area contributed by atoms with Gasteiger partial charge in [-0.1, -0.05) is 12.8 Å². The molecule has 3 rings (SSSR count). The molecule has 3 nitrogen and oxygen atoms in total. The second kappa shape index (κ2) is 5.04. The normalized spacial score (nSPS) is 37.7. The Hall–Kier alpha value is -0.220. The lowest BCUT2D eigenvalue weighted by Gasteiger charge is -2.31. The number of hydrogen-bond acceptors (Lipinski definition) is 3. The molecule has 102 valence electrons. The summed E-state index contributed by atoms with van der Waals surface area (Å²) in [5.74, 6) is 3.83. The molecule has 1 amide bonds. The van der Waals surface area contributed by atoms with E-state index < -0.39 is 5.60 Å². The highest BCUT2D eigenvalue weighted by Crippen LogP contribution is 2.55. The SMILES string of the molecule is O=C(NCC1(O)CCSCC1)C1C2CCCCC21. The average molecular weight is 269 g/mol. The van der Waals surface area contributed by atoms with Crippen molar-refractivity contribution < 1.29 is 9.90 Å². The van der Waals surface area contributed by atoms with Gasteiger partial charge in [-0.25, -0.2) is 0 Å². The van der Waals surface area contributed by atoms with E-state index in [9.17, 15) is 9.90 Å². The molecular formula is C14H23NO2S. The van der Waals surface area contributed by atoms with Crippen LogP contribution >= 0.6 is 11.8 Å². The fourth-order valence-electron chi connectivity index (χ4n) is 3.68. The number of hydrogen-bond donors (Lipinski definition) is 2. The molecule has 0 aromatic carbocycles. The highest BCUT2D eigenvalue weighted by Gasteiger charge is 2.54. The van der Waals surface area contributed by atoms with Crippen molar-refractivity contribution in [3.8, 4) is 0 Å². The molecule has 2 saturated carbocycles. The standard InChI is InChI=1S/C14H23NO2S/c16-13(12-10-3-1-2-4-11(10)12)15-9-14(17)5-7-18-8-6-14/h10-12,17H,1-9H2,(H,15,16). The number of fused-ring (bicyclic) bond motifs is 1. The minimum absolute atomic E-state index is 0.207. The zero-order chi connectivity index (χ0) is 12.6. The van der Waals surface area contributed by atoms with Gasteiger partial charge in [0.2, 0.25) is 5.91 Å². The summed E-state index contributed by atoms with van der Waals surface area (Å²) in [7, 11) is 0. The van der Waals surface area contributed by atoms with Crippen molar-refractivity contribution in [2.75, 3.05) is 18.1 Å². The van der Waals surface area contributed by atoms with E-state index in [0.29, 0.717) is 18.4 Å². The molecule has 0 spiro atoms. The second-order valence-corrected chi connectivity index (χ2v) is 7.42. The van der Waals surface area contributed by atoms with Crippen LogP contribution in [0.3, 0.4) is 0 Å². The Bertz CT molecular complexity index is 316. The van der Waals surface area contributed by atoms with E-state index >= 15 is 0 Å². The predicted molar refractivity (Wildman–Crippen MR) is 73.5 cm³/mol. The molecule has 18 heavy (non-hydrogen) atoms. The number of amides is 1. The Balaban J connectivity index is 1.47. The maximum atomic E-state index is 12.1. The average Bonchev–Trinajstić information content (AvgIpc) is 3.11. The highest BCUT2D eigenvalue weighted by molar-refractivity contribution is 7.99. The molecule has 1 heterocycles. The summed E-state index contributed by atoms with van der Waals surface area (Å²) in [6.45, 7) is 0.461. The zero-order valence-electron chi connectivity index (χ0n) is 10.9. The van der Waals surface area contributed by atoms with Gasteiger partial charge in [0.05, 0.1) is 5.60 Å². The van der Waals surface area contributed by atoms with E-state index in [1.165, 1.54) is 25.7 Å². The first-order valence-corrected chi connectivity index (χ1v) is 8.43. The van der Waals surface area contributed by atoms with Gasteiger partial charge in [-0.05, 0) is 49.0 Å². The molecule has 2 unspecified atom stereocenters. The smallest absolute Gasteiger partial charge is 0.223 e. The topological polar surface area (TPSA) is 49.3 Å². The van der Waals surface area contributed by atoms with Crippen LogP contribution in [0.1, 0.15) is 38.5 Å². The van der Waals surface area contributed by atoms with E-state index in [1.54, 1.807) is 0 Å². The number of nitrogens with one attached hydrogen (secondary N) is 1.